The lowest BCUT2D eigenvalue weighted by Crippen LogP contribution is -2.38. The molecule has 0 N–H and O–H groups in total. The van der Waals surface area contributed by atoms with E-state index in [0.29, 0.717) is 12.1 Å². The fraction of sp³-hybridized carbons (Fsp3) is 0.400. The van der Waals surface area contributed by atoms with Gasteiger partial charge in [0.15, 0.2) is 9.84 Å². The number of pyridine rings is 1. The predicted octanol–water partition coefficient (Wildman–Crippen LogP) is 2.37. The fourth-order valence-electron chi connectivity index (χ4n) is 3.35. The molecule has 0 spiro atoms. The minimum Gasteiger partial charge on any atom is -0.367 e. The van der Waals surface area contributed by atoms with Gasteiger partial charge in [-0.05, 0) is 31.0 Å². The Morgan fingerprint density at radius 1 is 1.22 bits per heavy atom. The molecule has 144 valence electrons. The highest BCUT2D eigenvalue weighted by atomic mass is 32.2. The quantitative estimate of drug-likeness (QED) is 0.761. The van der Waals surface area contributed by atoms with E-state index in [1.807, 2.05) is 24.3 Å². The van der Waals surface area contributed by atoms with Crippen LogP contribution < -0.4 is 4.90 Å². The van der Waals surface area contributed by atoms with Crippen LogP contribution in [-0.2, 0) is 16.4 Å². The number of hydrogen-bond acceptors (Lipinski definition) is 5. The summed E-state index contributed by atoms with van der Waals surface area (Å²) in [6, 6.07) is 13.6. The maximum atomic E-state index is 12.8. The third kappa shape index (κ3) is 4.66. The normalized spacial score (nSPS) is 18.2. The van der Waals surface area contributed by atoms with Crippen LogP contribution in [0.1, 0.15) is 29.4 Å². The van der Waals surface area contributed by atoms with Gasteiger partial charge in [-0.25, -0.2) is 8.42 Å². The summed E-state index contributed by atoms with van der Waals surface area (Å²) in [6.07, 6.45) is 2.12. The van der Waals surface area contributed by atoms with Crippen LogP contribution in [0, 0.1) is 0 Å². The lowest BCUT2D eigenvalue weighted by atomic mass is 10.2. The van der Waals surface area contributed by atoms with Crippen LogP contribution in [0.2, 0.25) is 0 Å². The van der Waals surface area contributed by atoms with Crippen molar-refractivity contribution in [3.8, 4) is 0 Å². The molecular formula is C20H25N3O3S. The summed E-state index contributed by atoms with van der Waals surface area (Å²) in [7, 11) is -1.38. The van der Waals surface area contributed by atoms with Crippen molar-refractivity contribution in [1.82, 2.24) is 9.88 Å². The minimum absolute atomic E-state index is 0.0318. The summed E-state index contributed by atoms with van der Waals surface area (Å²) in [5, 5.41) is 0. The molecule has 1 atom stereocenters. The maximum Gasteiger partial charge on any atom is 0.272 e. The second-order valence-electron chi connectivity index (χ2n) is 6.87. The van der Waals surface area contributed by atoms with E-state index in [0.717, 1.165) is 18.8 Å². The number of anilines is 1. The Morgan fingerprint density at radius 2 is 1.96 bits per heavy atom. The Bertz CT molecular complexity index is 900. The number of nitrogens with zero attached hydrogens (tertiary/aromatic N) is 3. The Hall–Kier alpha value is -2.41. The lowest BCUT2D eigenvalue weighted by Gasteiger charge is -2.25. The molecule has 0 bridgehead atoms. The number of amides is 1. The average molecular weight is 388 g/mol. The SMILES string of the molecule is CCN(Cc1ccccc1)c1ccnc(C(=O)N(C)C2CCS(=O)(=O)C2)c1. The van der Waals surface area contributed by atoms with Crippen molar-refractivity contribution >= 4 is 21.4 Å². The molecule has 1 aliphatic rings. The highest BCUT2D eigenvalue weighted by Crippen LogP contribution is 2.21. The van der Waals surface area contributed by atoms with E-state index in [-0.39, 0.29) is 23.5 Å². The van der Waals surface area contributed by atoms with Crippen LogP contribution in [-0.4, -0.2) is 55.3 Å². The second kappa shape index (κ2) is 8.08. The Morgan fingerprint density at radius 3 is 2.59 bits per heavy atom. The molecule has 1 saturated heterocycles. The van der Waals surface area contributed by atoms with Gasteiger partial charge in [-0.15, -0.1) is 0 Å². The van der Waals surface area contributed by atoms with Gasteiger partial charge < -0.3 is 9.80 Å². The van der Waals surface area contributed by atoms with E-state index in [1.165, 1.54) is 10.5 Å². The molecule has 0 aliphatic carbocycles. The third-order valence-electron chi connectivity index (χ3n) is 5.00. The van der Waals surface area contributed by atoms with E-state index in [4.69, 9.17) is 0 Å². The van der Waals surface area contributed by atoms with Crippen molar-refractivity contribution in [2.75, 3.05) is 30.0 Å². The van der Waals surface area contributed by atoms with Gasteiger partial charge >= 0.3 is 0 Å². The van der Waals surface area contributed by atoms with Crippen LogP contribution in [0.4, 0.5) is 5.69 Å². The fourth-order valence-corrected chi connectivity index (χ4v) is 5.12. The average Bonchev–Trinajstić information content (AvgIpc) is 3.05. The standard InChI is InChI=1S/C20H25N3O3S/c1-3-23(14-16-7-5-4-6-8-16)17-9-11-21-19(13-17)20(24)22(2)18-10-12-27(25,26)15-18/h4-9,11,13,18H,3,10,12,14-15H2,1-2H3. The number of rotatable bonds is 6. The predicted molar refractivity (Wildman–Crippen MR) is 107 cm³/mol. The highest BCUT2D eigenvalue weighted by molar-refractivity contribution is 7.91. The zero-order valence-electron chi connectivity index (χ0n) is 15.7. The van der Waals surface area contributed by atoms with Crippen molar-refractivity contribution in [2.24, 2.45) is 0 Å². The monoisotopic (exact) mass is 387 g/mol. The molecular weight excluding hydrogens is 362 g/mol. The molecule has 1 unspecified atom stereocenters. The third-order valence-corrected chi connectivity index (χ3v) is 6.75. The second-order valence-corrected chi connectivity index (χ2v) is 9.10. The van der Waals surface area contributed by atoms with Crippen molar-refractivity contribution in [2.45, 2.75) is 25.9 Å². The summed E-state index contributed by atoms with van der Waals surface area (Å²) < 4.78 is 23.4. The summed E-state index contributed by atoms with van der Waals surface area (Å²) in [4.78, 5) is 20.7. The zero-order valence-corrected chi connectivity index (χ0v) is 16.5. The van der Waals surface area contributed by atoms with E-state index >= 15 is 0 Å². The largest absolute Gasteiger partial charge is 0.367 e. The van der Waals surface area contributed by atoms with Crippen LogP contribution in [0.25, 0.3) is 0 Å². The molecule has 1 fully saturated rings. The molecule has 1 aliphatic heterocycles. The number of sulfone groups is 1. The maximum absolute atomic E-state index is 12.8. The first kappa shape index (κ1) is 19.4. The van der Waals surface area contributed by atoms with Crippen molar-refractivity contribution in [1.29, 1.82) is 0 Å². The molecule has 1 aromatic carbocycles. The van der Waals surface area contributed by atoms with E-state index in [1.54, 1.807) is 19.3 Å². The van der Waals surface area contributed by atoms with Crippen LogP contribution in [0.15, 0.2) is 48.7 Å². The number of carbonyl (C=O) groups is 1. The van der Waals surface area contributed by atoms with Gasteiger partial charge in [0.1, 0.15) is 5.69 Å². The smallest absolute Gasteiger partial charge is 0.272 e. The van der Waals surface area contributed by atoms with E-state index < -0.39 is 9.84 Å². The number of aromatic nitrogens is 1. The van der Waals surface area contributed by atoms with Crippen LogP contribution in [0.3, 0.4) is 0 Å². The Balaban J connectivity index is 1.76. The first-order chi connectivity index (χ1) is 12.9. The van der Waals surface area contributed by atoms with Gasteiger partial charge in [0.25, 0.3) is 5.91 Å². The van der Waals surface area contributed by atoms with Gasteiger partial charge in [-0.3, -0.25) is 9.78 Å². The molecule has 1 aromatic heterocycles. The summed E-state index contributed by atoms with van der Waals surface area (Å²) in [5.41, 5.74) is 2.45. The molecule has 2 aromatic rings. The van der Waals surface area contributed by atoms with Gasteiger partial charge in [0.05, 0.1) is 11.5 Å². The lowest BCUT2D eigenvalue weighted by molar-refractivity contribution is 0.0742. The Kier molecular flexibility index (Phi) is 5.79. The first-order valence-electron chi connectivity index (χ1n) is 9.12. The molecule has 3 rings (SSSR count). The number of carbonyl (C=O) groups excluding carboxylic acids is 1. The number of hydrogen-bond donors (Lipinski definition) is 0. The van der Waals surface area contributed by atoms with E-state index in [2.05, 4.69) is 28.9 Å². The van der Waals surface area contributed by atoms with Crippen molar-refractivity contribution in [3.63, 3.8) is 0 Å². The topological polar surface area (TPSA) is 70.6 Å². The highest BCUT2D eigenvalue weighted by Gasteiger charge is 2.33. The van der Waals surface area contributed by atoms with Gasteiger partial charge in [0.2, 0.25) is 0 Å². The van der Waals surface area contributed by atoms with Gasteiger partial charge in [0, 0.05) is 38.1 Å². The molecule has 6 nitrogen and oxygen atoms in total. The first-order valence-corrected chi connectivity index (χ1v) is 10.9. The molecule has 0 saturated carbocycles. The zero-order chi connectivity index (χ0) is 19.4. The van der Waals surface area contributed by atoms with Gasteiger partial charge in [-0.2, -0.15) is 0 Å². The van der Waals surface area contributed by atoms with Crippen LogP contribution >= 0.6 is 0 Å². The van der Waals surface area contributed by atoms with Crippen molar-refractivity contribution in [3.05, 3.63) is 59.9 Å². The van der Waals surface area contributed by atoms with E-state index in [9.17, 15) is 13.2 Å². The molecule has 1 amide bonds. The van der Waals surface area contributed by atoms with Crippen molar-refractivity contribution < 1.29 is 13.2 Å². The molecule has 27 heavy (non-hydrogen) atoms. The minimum atomic E-state index is -3.04. The Labute approximate surface area is 160 Å². The summed E-state index contributed by atoms with van der Waals surface area (Å²) in [6.45, 7) is 3.61. The summed E-state index contributed by atoms with van der Waals surface area (Å²) in [5.74, 6) is -0.0669. The molecule has 0 radical (unpaired) electrons. The molecule has 2 heterocycles. The van der Waals surface area contributed by atoms with Gasteiger partial charge in [-0.1, -0.05) is 30.3 Å². The summed E-state index contributed by atoms with van der Waals surface area (Å²) >= 11 is 0. The van der Waals surface area contributed by atoms with Crippen LogP contribution in [0.5, 0.6) is 0 Å². The molecule has 7 heteroatoms. The number of benzene rings is 1.